The molecule has 2 aromatic heterocycles. The van der Waals surface area contributed by atoms with E-state index < -0.39 is 0 Å². The van der Waals surface area contributed by atoms with Crippen LogP contribution in [0.25, 0.3) is 93.9 Å². The first-order valence-electron chi connectivity index (χ1n) is 21.5. The van der Waals surface area contributed by atoms with Crippen LogP contribution in [0.2, 0.25) is 0 Å². The molecule has 0 atom stereocenters. The van der Waals surface area contributed by atoms with E-state index in [9.17, 15) is 0 Å². The lowest BCUT2D eigenvalue weighted by Crippen LogP contribution is -2.12. The molecular formula is C60H40N2O. The van der Waals surface area contributed by atoms with Gasteiger partial charge in [-0.25, -0.2) is 0 Å². The number of fused-ring (bicyclic) bond motifs is 6. The average Bonchev–Trinajstić information content (AvgIpc) is 3.90. The summed E-state index contributed by atoms with van der Waals surface area (Å²) in [7, 11) is 0. The second kappa shape index (κ2) is 15.3. The number of nitrogens with zero attached hydrogens (tertiary/aromatic N) is 2. The smallest absolute Gasteiger partial charge is 0.136 e. The molecule has 0 unspecified atom stereocenters. The molecule has 0 saturated carbocycles. The third-order valence-corrected chi connectivity index (χ3v) is 12.4. The van der Waals surface area contributed by atoms with Gasteiger partial charge >= 0.3 is 0 Å². The maximum Gasteiger partial charge on any atom is 0.136 e. The Labute approximate surface area is 366 Å². The largest absolute Gasteiger partial charge is 0.456 e. The highest BCUT2D eigenvalue weighted by Crippen LogP contribution is 2.46. The van der Waals surface area contributed by atoms with Gasteiger partial charge in [0.1, 0.15) is 11.2 Å². The zero-order valence-electron chi connectivity index (χ0n) is 34.4. The number of hydrogen-bond acceptors (Lipinski definition) is 2. The minimum Gasteiger partial charge on any atom is -0.456 e. The highest BCUT2D eigenvalue weighted by atomic mass is 16.3. The van der Waals surface area contributed by atoms with Gasteiger partial charge in [0, 0.05) is 43.9 Å². The summed E-state index contributed by atoms with van der Waals surface area (Å²) in [6.45, 7) is 0. The van der Waals surface area contributed by atoms with Crippen LogP contribution in [0.4, 0.5) is 17.1 Å². The first-order chi connectivity index (χ1) is 31.3. The van der Waals surface area contributed by atoms with Crippen molar-refractivity contribution in [1.29, 1.82) is 0 Å². The lowest BCUT2D eigenvalue weighted by atomic mass is 9.96. The Morgan fingerprint density at radius 3 is 1.52 bits per heavy atom. The van der Waals surface area contributed by atoms with Crippen molar-refractivity contribution in [2.24, 2.45) is 0 Å². The molecule has 0 fully saturated rings. The van der Waals surface area contributed by atoms with Gasteiger partial charge in [0.05, 0.1) is 28.1 Å². The number of benzene rings is 10. The van der Waals surface area contributed by atoms with Crippen LogP contribution in [0.15, 0.2) is 247 Å². The molecule has 0 N–H and O–H groups in total. The molecule has 296 valence electrons. The van der Waals surface area contributed by atoms with Crippen molar-refractivity contribution in [2.75, 3.05) is 4.90 Å². The number of hydrogen-bond donors (Lipinski definition) is 0. The second-order valence-corrected chi connectivity index (χ2v) is 16.1. The summed E-state index contributed by atoms with van der Waals surface area (Å²) in [5, 5.41) is 4.74. The molecule has 3 heteroatoms. The molecule has 0 amide bonds. The number of rotatable bonds is 8. The third-order valence-electron chi connectivity index (χ3n) is 12.4. The van der Waals surface area contributed by atoms with Crippen molar-refractivity contribution in [3.8, 4) is 50.2 Å². The molecule has 0 saturated heterocycles. The predicted molar refractivity (Wildman–Crippen MR) is 264 cm³/mol. The lowest BCUT2D eigenvalue weighted by molar-refractivity contribution is 0.669. The molecule has 10 aromatic carbocycles. The summed E-state index contributed by atoms with van der Waals surface area (Å²) in [6, 6.07) is 87.2. The van der Waals surface area contributed by atoms with Crippen LogP contribution in [0.3, 0.4) is 0 Å². The molecule has 0 aliphatic rings. The Balaban J connectivity index is 1.03. The topological polar surface area (TPSA) is 21.3 Å². The van der Waals surface area contributed by atoms with E-state index in [0.717, 1.165) is 72.5 Å². The molecule has 12 rings (SSSR count). The van der Waals surface area contributed by atoms with Crippen molar-refractivity contribution >= 4 is 60.8 Å². The van der Waals surface area contributed by atoms with E-state index in [-0.39, 0.29) is 0 Å². The summed E-state index contributed by atoms with van der Waals surface area (Å²) in [5.41, 5.74) is 17.7. The number of furan rings is 1. The van der Waals surface area contributed by atoms with E-state index in [1.165, 1.54) is 38.5 Å². The van der Waals surface area contributed by atoms with Crippen LogP contribution in [0.5, 0.6) is 0 Å². The van der Waals surface area contributed by atoms with Crippen molar-refractivity contribution in [2.45, 2.75) is 0 Å². The van der Waals surface area contributed by atoms with Crippen LogP contribution >= 0.6 is 0 Å². The van der Waals surface area contributed by atoms with Gasteiger partial charge in [-0.2, -0.15) is 0 Å². The van der Waals surface area contributed by atoms with Gasteiger partial charge in [-0.3, -0.25) is 0 Å². The first-order valence-corrected chi connectivity index (χ1v) is 21.5. The normalized spacial score (nSPS) is 11.5. The van der Waals surface area contributed by atoms with Crippen LogP contribution in [0, 0.1) is 0 Å². The standard InChI is InChI=1S/C60H40N2O/c1-2-17-41(18-3-1)43-19-16-20-44(39-43)48-22-5-10-27-54(48)61(55-28-11-6-23-49(55)45-35-38-53-52-26-9-15-32-59(52)63-60(53)40-45)46-36-33-42(34-37-46)47-21-4-12-29-56(47)62-57-30-13-7-24-50(57)51-25-8-14-31-58(51)62/h1-40H. The molecule has 12 aromatic rings. The molecule has 0 radical (unpaired) electrons. The lowest BCUT2D eigenvalue weighted by Gasteiger charge is -2.30. The van der Waals surface area contributed by atoms with Gasteiger partial charge < -0.3 is 13.9 Å². The Morgan fingerprint density at radius 1 is 0.302 bits per heavy atom. The number of aromatic nitrogens is 1. The summed E-state index contributed by atoms with van der Waals surface area (Å²) in [6.07, 6.45) is 0. The SMILES string of the molecule is c1ccc(-c2cccc(-c3ccccc3N(c3ccc(-c4ccccc4-n4c5ccccc5c5ccccc54)cc3)c3ccccc3-c3ccc4c(c3)oc3ccccc34)c2)cc1. The van der Waals surface area contributed by atoms with Gasteiger partial charge in [-0.15, -0.1) is 0 Å². The van der Waals surface area contributed by atoms with Crippen LogP contribution in [0.1, 0.15) is 0 Å². The molecule has 0 aliphatic heterocycles. The highest BCUT2D eigenvalue weighted by molar-refractivity contribution is 6.10. The average molecular weight is 805 g/mol. The fraction of sp³-hybridized carbons (Fsp3) is 0. The molecule has 0 bridgehead atoms. The monoisotopic (exact) mass is 804 g/mol. The predicted octanol–water partition coefficient (Wildman–Crippen LogP) is 16.8. The van der Waals surface area contributed by atoms with Crippen molar-refractivity contribution < 1.29 is 4.42 Å². The Morgan fingerprint density at radius 2 is 0.810 bits per heavy atom. The Hall–Kier alpha value is -8.40. The van der Waals surface area contributed by atoms with E-state index in [0.29, 0.717) is 0 Å². The summed E-state index contributed by atoms with van der Waals surface area (Å²) in [5.74, 6) is 0. The quantitative estimate of drug-likeness (QED) is 0.153. The molecule has 0 aliphatic carbocycles. The zero-order chi connectivity index (χ0) is 41.7. The fourth-order valence-corrected chi connectivity index (χ4v) is 9.51. The Kier molecular flexibility index (Phi) is 8.83. The molecule has 3 nitrogen and oxygen atoms in total. The van der Waals surface area contributed by atoms with E-state index in [4.69, 9.17) is 4.42 Å². The zero-order valence-corrected chi connectivity index (χ0v) is 34.4. The van der Waals surface area contributed by atoms with E-state index in [1.807, 2.05) is 12.1 Å². The summed E-state index contributed by atoms with van der Waals surface area (Å²) in [4.78, 5) is 2.42. The van der Waals surface area contributed by atoms with Crippen LogP contribution < -0.4 is 4.90 Å². The van der Waals surface area contributed by atoms with Gasteiger partial charge in [0.2, 0.25) is 0 Å². The maximum absolute atomic E-state index is 6.43. The van der Waals surface area contributed by atoms with E-state index >= 15 is 0 Å². The van der Waals surface area contributed by atoms with E-state index in [2.05, 4.69) is 240 Å². The molecular weight excluding hydrogens is 765 g/mol. The van der Waals surface area contributed by atoms with Gasteiger partial charge in [0.15, 0.2) is 0 Å². The fourth-order valence-electron chi connectivity index (χ4n) is 9.51. The second-order valence-electron chi connectivity index (χ2n) is 16.1. The van der Waals surface area contributed by atoms with Gasteiger partial charge in [-0.1, -0.05) is 176 Å². The third kappa shape index (κ3) is 6.29. The van der Waals surface area contributed by atoms with Crippen molar-refractivity contribution in [3.63, 3.8) is 0 Å². The summed E-state index contributed by atoms with van der Waals surface area (Å²) < 4.78 is 8.84. The highest BCUT2D eigenvalue weighted by Gasteiger charge is 2.22. The van der Waals surface area contributed by atoms with Crippen LogP contribution in [-0.2, 0) is 0 Å². The first kappa shape index (κ1) is 36.5. The minimum atomic E-state index is 0.874. The van der Waals surface area contributed by atoms with Crippen molar-refractivity contribution in [3.05, 3.63) is 243 Å². The van der Waals surface area contributed by atoms with E-state index in [1.54, 1.807) is 0 Å². The van der Waals surface area contributed by atoms with Gasteiger partial charge in [0.25, 0.3) is 0 Å². The molecule has 0 spiro atoms. The molecule has 2 heterocycles. The van der Waals surface area contributed by atoms with Crippen LogP contribution in [-0.4, -0.2) is 4.57 Å². The maximum atomic E-state index is 6.43. The van der Waals surface area contributed by atoms with Gasteiger partial charge in [-0.05, 0) is 94.5 Å². The Bertz CT molecular complexity index is 3580. The minimum absolute atomic E-state index is 0.874. The molecule has 63 heavy (non-hydrogen) atoms. The summed E-state index contributed by atoms with van der Waals surface area (Å²) >= 11 is 0. The number of para-hydroxylation sites is 6. The van der Waals surface area contributed by atoms with Crippen molar-refractivity contribution in [1.82, 2.24) is 4.57 Å². The number of anilines is 3.